The number of aromatic amines is 1. The van der Waals surface area contributed by atoms with E-state index in [1.807, 2.05) is 19.9 Å². The number of nitrogens with two attached hydrogens (primary N) is 1. The number of hydrogen-bond acceptors (Lipinski definition) is 19. The van der Waals surface area contributed by atoms with Crippen molar-refractivity contribution in [2.45, 2.75) is 85.1 Å². The standard InChI is InChI=1S/C12H16N2O4S.C10H16O5.C8H6N2O3S.C4H6N2S.4CH4.ClH/c1-4-17-11(15)9(12(16)18-5-2)7-13-10-6-8(3)14-19-10;1-4-13-7-8(9(11)14-5-2)10(12)15-6-3;1-3-5-6(11)4(8(12)13)2-9-7(5)14-10-3;1-3-2-4(5)7-6-3;;;;;/h6-7,13H,4-5H2,1-3H3;7H,4-6H2,1-3H3;2H,1H3,(H,9,11)(H,12,13);2H,5H2,1H3;4*1H4;1H. The molecule has 0 aliphatic heterocycles. The Morgan fingerprint density at radius 3 is 1.57 bits per heavy atom. The molecule has 0 unspecified atom stereocenters. The number of aromatic carboxylic acids is 1. The van der Waals surface area contributed by atoms with Crippen LogP contribution in [0.25, 0.3) is 10.2 Å². The van der Waals surface area contributed by atoms with Crippen molar-refractivity contribution in [3.8, 4) is 0 Å². The second-order valence-electron chi connectivity index (χ2n) is 10.1. The van der Waals surface area contributed by atoms with E-state index in [-0.39, 0.29) is 85.3 Å². The fourth-order valence-electron chi connectivity index (χ4n) is 3.57. The van der Waals surface area contributed by atoms with Gasteiger partial charge in [0.1, 0.15) is 26.7 Å². The lowest BCUT2D eigenvalue weighted by atomic mass is 10.2. The summed E-state index contributed by atoms with van der Waals surface area (Å²) in [7, 11) is 0. The maximum atomic E-state index is 11.6. The van der Waals surface area contributed by atoms with E-state index < -0.39 is 35.3 Å². The average molecular weight is 926 g/mol. The third-order valence-corrected chi connectivity index (χ3v) is 8.28. The molecule has 0 spiro atoms. The first-order valence-corrected chi connectivity index (χ1v) is 18.8. The fraction of sp³-hybridized carbons (Fsp3) is 0.447. The van der Waals surface area contributed by atoms with Gasteiger partial charge in [0.05, 0.1) is 55.5 Å². The van der Waals surface area contributed by atoms with Crippen molar-refractivity contribution in [3.05, 3.63) is 74.8 Å². The van der Waals surface area contributed by atoms with Gasteiger partial charge in [0, 0.05) is 12.4 Å². The molecular formula is C38H61ClN6O12S3. The van der Waals surface area contributed by atoms with E-state index in [0.29, 0.717) is 22.5 Å². The summed E-state index contributed by atoms with van der Waals surface area (Å²) in [4.78, 5) is 71.5. The zero-order chi connectivity index (χ0) is 41.5. The highest BCUT2D eigenvalue weighted by atomic mass is 35.5. The van der Waals surface area contributed by atoms with Crippen LogP contribution in [0.2, 0.25) is 0 Å². The van der Waals surface area contributed by atoms with E-state index in [9.17, 15) is 28.8 Å². The number of esters is 4. The number of H-pyrrole nitrogens is 1. The molecule has 0 aliphatic carbocycles. The van der Waals surface area contributed by atoms with Crippen molar-refractivity contribution >= 4 is 97.1 Å². The number of nitrogens with one attached hydrogen (secondary N) is 2. The van der Waals surface area contributed by atoms with Gasteiger partial charge < -0.3 is 44.8 Å². The van der Waals surface area contributed by atoms with Gasteiger partial charge in [-0.05, 0) is 102 Å². The first-order valence-electron chi connectivity index (χ1n) is 16.4. The number of aromatic nitrogens is 4. The van der Waals surface area contributed by atoms with Crippen LogP contribution in [0.4, 0.5) is 10.0 Å². The molecule has 0 aliphatic rings. The van der Waals surface area contributed by atoms with Crippen LogP contribution >= 0.6 is 47.0 Å². The molecule has 22 heteroatoms. The van der Waals surface area contributed by atoms with Gasteiger partial charge in [0.15, 0.2) is 11.1 Å². The molecule has 4 rings (SSSR count). The number of carboxylic acids is 1. The molecule has 4 aromatic rings. The minimum absolute atomic E-state index is 0. The molecule has 0 amide bonds. The van der Waals surface area contributed by atoms with Crippen LogP contribution in [0.3, 0.4) is 0 Å². The Morgan fingerprint density at radius 1 is 0.733 bits per heavy atom. The van der Waals surface area contributed by atoms with Crippen LogP contribution < -0.4 is 16.5 Å². The number of hydrogen-bond donors (Lipinski definition) is 4. The first-order chi connectivity index (χ1) is 26.1. The number of nitrogen functional groups attached to an aromatic ring is 1. The van der Waals surface area contributed by atoms with Gasteiger partial charge in [-0.2, -0.15) is 13.1 Å². The number of carbonyl (C=O) groups is 5. The Hall–Kier alpha value is -5.38. The number of fused-ring (bicyclic) bond motifs is 1. The second-order valence-corrected chi connectivity index (χ2v) is 12.5. The summed E-state index contributed by atoms with van der Waals surface area (Å²) >= 11 is 3.71. The summed E-state index contributed by atoms with van der Waals surface area (Å²) < 4.78 is 35.8. The van der Waals surface area contributed by atoms with Gasteiger partial charge >= 0.3 is 29.8 Å². The smallest absolute Gasteiger partial charge is 0.348 e. The molecule has 0 atom stereocenters. The highest BCUT2D eigenvalue weighted by molar-refractivity contribution is 7.13. The number of pyridine rings is 1. The highest BCUT2D eigenvalue weighted by Gasteiger charge is 2.22. The molecule has 0 fully saturated rings. The molecule has 0 saturated carbocycles. The van der Waals surface area contributed by atoms with Gasteiger partial charge in [-0.1, -0.05) is 29.7 Å². The van der Waals surface area contributed by atoms with Crippen LogP contribution in [-0.4, -0.2) is 86.1 Å². The molecule has 4 heterocycles. The molecule has 0 aromatic carbocycles. The van der Waals surface area contributed by atoms with E-state index >= 15 is 0 Å². The van der Waals surface area contributed by atoms with Crippen molar-refractivity contribution in [3.63, 3.8) is 0 Å². The molecule has 60 heavy (non-hydrogen) atoms. The lowest BCUT2D eigenvalue weighted by molar-refractivity contribution is -0.148. The number of carbonyl (C=O) groups excluding carboxylic acids is 4. The van der Waals surface area contributed by atoms with Gasteiger partial charge in [0.2, 0.25) is 5.43 Å². The number of rotatable bonds is 13. The molecule has 4 aromatic heterocycles. The van der Waals surface area contributed by atoms with Crippen LogP contribution in [0.1, 0.15) is 91.8 Å². The Balaban J connectivity index is -0.000000226. The third-order valence-electron chi connectivity index (χ3n) is 5.89. The maximum Gasteiger partial charge on any atom is 0.348 e. The van der Waals surface area contributed by atoms with Crippen LogP contribution in [0, 0.1) is 20.8 Å². The SMILES string of the molecule is C.C.C.C.CCOC(=O)C(=CNc1cc(C)ns1)C(=O)OCC.CCOC=C(C(=O)OCC)C(=O)OCC.Cc1cc(N)sn1.Cc1nsc2[nH]cc(C(=O)O)c(=O)c12.Cl. The highest BCUT2D eigenvalue weighted by Crippen LogP contribution is 2.17. The van der Waals surface area contributed by atoms with E-state index in [4.69, 9.17) is 25.1 Å². The predicted molar refractivity (Wildman–Crippen MR) is 242 cm³/mol. The fourth-order valence-corrected chi connectivity index (χ4v) is 5.49. The normalized spacial score (nSPS) is 8.87. The summed E-state index contributed by atoms with van der Waals surface area (Å²) in [5, 5.41) is 13.4. The average Bonchev–Trinajstić information content (AvgIpc) is 3.85. The predicted octanol–water partition coefficient (Wildman–Crippen LogP) is 7.90. The lowest BCUT2D eigenvalue weighted by Crippen LogP contribution is -2.19. The zero-order valence-electron chi connectivity index (χ0n) is 31.9. The van der Waals surface area contributed by atoms with Crippen molar-refractivity contribution < 1.29 is 52.8 Å². The Bertz CT molecular complexity index is 1950. The van der Waals surface area contributed by atoms with Gasteiger partial charge in [-0.25, -0.2) is 24.0 Å². The largest absolute Gasteiger partial charge is 0.500 e. The monoisotopic (exact) mass is 924 g/mol. The molecule has 0 bridgehead atoms. The quantitative estimate of drug-likeness (QED) is 0.0248. The second kappa shape index (κ2) is 34.5. The summed E-state index contributed by atoms with van der Waals surface area (Å²) in [6, 6.07) is 3.65. The minimum atomic E-state index is -1.22. The number of ether oxygens (including phenoxy) is 5. The Labute approximate surface area is 370 Å². The Kier molecular flexibility index (Phi) is 36.7. The molecular weight excluding hydrogens is 864 g/mol. The number of nitrogens with zero attached hydrogens (tertiary/aromatic N) is 3. The number of halogens is 1. The van der Waals surface area contributed by atoms with Crippen LogP contribution in [-0.2, 0) is 42.9 Å². The van der Waals surface area contributed by atoms with E-state index in [1.165, 1.54) is 35.5 Å². The summed E-state index contributed by atoms with van der Waals surface area (Å²) in [5.74, 6) is -4.11. The van der Waals surface area contributed by atoms with Gasteiger partial charge in [0.25, 0.3) is 0 Å². The minimum Gasteiger partial charge on any atom is -0.500 e. The lowest BCUT2D eigenvalue weighted by Gasteiger charge is -2.06. The van der Waals surface area contributed by atoms with E-state index in [2.05, 4.69) is 32.9 Å². The van der Waals surface area contributed by atoms with Crippen molar-refractivity contribution in [2.75, 3.05) is 44.1 Å². The summed E-state index contributed by atoms with van der Waals surface area (Å²) in [6.07, 6.45) is 3.55. The maximum absolute atomic E-state index is 11.6. The molecule has 5 N–H and O–H groups in total. The summed E-state index contributed by atoms with van der Waals surface area (Å²) in [6.45, 7) is 15.0. The summed E-state index contributed by atoms with van der Waals surface area (Å²) in [5.41, 5.74) is 6.64. The third kappa shape index (κ3) is 22.1. The Morgan fingerprint density at radius 2 is 1.20 bits per heavy atom. The zero-order valence-corrected chi connectivity index (χ0v) is 35.2. The molecule has 0 saturated heterocycles. The molecule has 18 nitrogen and oxygen atoms in total. The van der Waals surface area contributed by atoms with Crippen molar-refractivity contribution in [2.24, 2.45) is 0 Å². The van der Waals surface area contributed by atoms with Gasteiger partial charge in [-0.3, -0.25) is 4.79 Å². The number of carboxylic acid groups (broad SMARTS) is 1. The van der Waals surface area contributed by atoms with Crippen LogP contribution in [0.5, 0.6) is 0 Å². The van der Waals surface area contributed by atoms with Crippen LogP contribution in [0.15, 0.2) is 46.7 Å². The topological polar surface area (TPSA) is 261 Å². The molecule has 0 radical (unpaired) electrons. The van der Waals surface area contributed by atoms with Crippen molar-refractivity contribution in [1.82, 2.24) is 18.1 Å². The van der Waals surface area contributed by atoms with Crippen molar-refractivity contribution in [1.29, 1.82) is 0 Å². The first kappa shape index (κ1) is 63.8. The number of anilines is 2. The van der Waals surface area contributed by atoms with Gasteiger partial charge in [-0.15, -0.1) is 12.4 Å². The molecule has 340 valence electrons. The van der Waals surface area contributed by atoms with E-state index in [1.54, 1.807) is 47.6 Å². The van der Waals surface area contributed by atoms with E-state index in [0.717, 1.165) is 39.2 Å². The number of aryl methyl sites for hydroxylation is 3.